The summed E-state index contributed by atoms with van der Waals surface area (Å²) in [6.07, 6.45) is 23.2. The van der Waals surface area contributed by atoms with E-state index >= 15 is 0 Å². The van der Waals surface area contributed by atoms with Crippen LogP contribution in [-0.4, -0.2) is 72.6 Å². The van der Waals surface area contributed by atoms with Crippen LogP contribution in [0.3, 0.4) is 0 Å². The lowest BCUT2D eigenvalue weighted by Gasteiger charge is -2.17. The Morgan fingerprint density at radius 3 is 1.20 bits per heavy atom. The third kappa shape index (κ3) is 28.5. The standard InChI is InChI=1S/C33H64N4O6S2/c1-43-33(42)29(37-31(39)23-19-15-11-7-3-5-9-13-17-21-25-35)27-45-44-26-28(32(40)41)36-30(38)22-18-14-10-6-2-4-8-12-16-20-24-34/h28-29H,2-27,34-35H2,1H3,(H,36,38)(H,37,39)(H,40,41). The number of carbonyl (C=O) groups is 4. The van der Waals surface area contributed by atoms with Gasteiger partial charge >= 0.3 is 11.9 Å². The number of amides is 2. The molecule has 2 amide bonds. The van der Waals surface area contributed by atoms with E-state index in [9.17, 15) is 24.3 Å². The zero-order valence-corrected chi connectivity index (χ0v) is 29.6. The van der Waals surface area contributed by atoms with E-state index in [-0.39, 0.29) is 23.3 Å². The van der Waals surface area contributed by atoms with E-state index in [4.69, 9.17) is 16.2 Å². The van der Waals surface area contributed by atoms with Crippen molar-refractivity contribution in [2.24, 2.45) is 11.5 Å². The first-order chi connectivity index (χ1) is 21.8. The predicted octanol–water partition coefficient (Wildman–Crippen LogP) is 6.09. The average Bonchev–Trinajstić information content (AvgIpc) is 3.02. The highest BCUT2D eigenvalue weighted by Gasteiger charge is 2.23. The Morgan fingerprint density at radius 1 is 0.556 bits per heavy atom. The number of carboxylic acid groups (broad SMARTS) is 1. The minimum atomic E-state index is -1.09. The van der Waals surface area contributed by atoms with Crippen LogP contribution in [0.15, 0.2) is 0 Å². The summed E-state index contributed by atoms with van der Waals surface area (Å²) in [4.78, 5) is 48.7. The number of unbranched alkanes of at least 4 members (excludes halogenated alkanes) is 18. The lowest BCUT2D eigenvalue weighted by Crippen LogP contribution is -2.43. The summed E-state index contributed by atoms with van der Waals surface area (Å²) in [5.41, 5.74) is 11.0. The molecule has 2 unspecified atom stereocenters. The smallest absolute Gasteiger partial charge is 0.329 e. The van der Waals surface area contributed by atoms with Gasteiger partial charge in [0.15, 0.2) is 0 Å². The number of rotatable bonds is 33. The Kier molecular flexibility index (Phi) is 31.4. The van der Waals surface area contributed by atoms with Gasteiger partial charge in [0, 0.05) is 24.3 Å². The van der Waals surface area contributed by atoms with Crippen molar-refractivity contribution in [3.63, 3.8) is 0 Å². The summed E-state index contributed by atoms with van der Waals surface area (Å²) in [5.74, 6) is -1.69. The summed E-state index contributed by atoms with van der Waals surface area (Å²) in [6, 6.07) is -1.83. The maximum atomic E-state index is 12.4. The molecular formula is C33H64N4O6S2. The molecule has 0 saturated heterocycles. The Morgan fingerprint density at radius 2 is 0.867 bits per heavy atom. The molecular weight excluding hydrogens is 613 g/mol. The van der Waals surface area contributed by atoms with Gasteiger partial charge < -0.3 is 31.9 Å². The molecule has 0 aliphatic rings. The van der Waals surface area contributed by atoms with Crippen LogP contribution in [0.2, 0.25) is 0 Å². The monoisotopic (exact) mass is 676 g/mol. The number of carboxylic acids is 1. The second-order valence-electron chi connectivity index (χ2n) is 11.8. The maximum Gasteiger partial charge on any atom is 0.329 e. The normalized spacial score (nSPS) is 12.4. The molecule has 264 valence electrons. The summed E-state index contributed by atoms with van der Waals surface area (Å²) >= 11 is 0. The van der Waals surface area contributed by atoms with E-state index in [1.807, 2.05) is 0 Å². The van der Waals surface area contributed by atoms with Crippen LogP contribution < -0.4 is 22.1 Å². The third-order valence-electron chi connectivity index (χ3n) is 7.72. The van der Waals surface area contributed by atoms with Crippen LogP contribution >= 0.6 is 21.6 Å². The summed E-state index contributed by atoms with van der Waals surface area (Å²) in [7, 11) is 3.80. The summed E-state index contributed by atoms with van der Waals surface area (Å²) in [5, 5.41) is 14.9. The quantitative estimate of drug-likeness (QED) is 0.0311. The van der Waals surface area contributed by atoms with Gasteiger partial charge in [0.1, 0.15) is 12.1 Å². The predicted molar refractivity (Wildman–Crippen MR) is 188 cm³/mol. The molecule has 0 radical (unpaired) electrons. The van der Waals surface area contributed by atoms with E-state index < -0.39 is 24.0 Å². The highest BCUT2D eigenvalue weighted by Crippen LogP contribution is 2.24. The molecule has 0 aromatic carbocycles. The molecule has 0 saturated carbocycles. The van der Waals surface area contributed by atoms with Crippen molar-refractivity contribution in [3.05, 3.63) is 0 Å². The van der Waals surface area contributed by atoms with Gasteiger partial charge in [-0.15, -0.1) is 0 Å². The first-order valence-corrected chi connectivity index (χ1v) is 19.9. The van der Waals surface area contributed by atoms with Crippen molar-refractivity contribution >= 4 is 45.3 Å². The van der Waals surface area contributed by atoms with Gasteiger partial charge in [0.2, 0.25) is 11.8 Å². The van der Waals surface area contributed by atoms with E-state index in [0.717, 1.165) is 70.9 Å². The van der Waals surface area contributed by atoms with Gasteiger partial charge in [-0.05, 0) is 38.8 Å². The van der Waals surface area contributed by atoms with Crippen molar-refractivity contribution in [1.29, 1.82) is 0 Å². The number of methoxy groups -OCH3 is 1. The molecule has 2 atom stereocenters. The van der Waals surface area contributed by atoms with Gasteiger partial charge in [-0.1, -0.05) is 124 Å². The van der Waals surface area contributed by atoms with Gasteiger partial charge in [0.05, 0.1) is 7.11 Å². The first-order valence-electron chi connectivity index (χ1n) is 17.4. The molecule has 0 rings (SSSR count). The van der Waals surface area contributed by atoms with E-state index in [1.165, 1.54) is 99.3 Å². The number of aliphatic carboxylic acids is 1. The van der Waals surface area contributed by atoms with Crippen molar-refractivity contribution in [3.8, 4) is 0 Å². The van der Waals surface area contributed by atoms with Crippen LogP contribution in [0.1, 0.15) is 141 Å². The zero-order valence-electron chi connectivity index (χ0n) is 28.0. The van der Waals surface area contributed by atoms with Gasteiger partial charge in [-0.25, -0.2) is 9.59 Å². The van der Waals surface area contributed by atoms with E-state index in [2.05, 4.69) is 10.6 Å². The number of ether oxygens (including phenoxy) is 1. The minimum absolute atomic E-state index is 0.145. The minimum Gasteiger partial charge on any atom is -0.480 e. The van der Waals surface area contributed by atoms with E-state index in [1.54, 1.807) is 0 Å². The Balaban J connectivity index is 4.10. The van der Waals surface area contributed by atoms with Crippen molar-refractivity contribution in [1.82, 2.24) is 10.6 Å². The van der Waals surface area contributed by atoms with Crippen molar-refractivity contribution < 1.29 is 29.0 Å². The van der Waals surface area contributed by atoms with Crippen molar-refractivity contribution in [2.45, 2.75) is 153 Å². The Bertz CT molecular complexity index is 763. The van der Waals surface area contributed by atoms with Crippen LogP contribution in [0, 0.1) is 0 Å². The fourth-order valence-corrected chi connectivity index (χ4v) is 7.24. The highest BCUT2D eigenvalue weighted by molar-refractivity contribution is 8.76. The molecule has 0 bridgehead atoms. The van der Waals surface area contributed by atoms with Crippen LogP contribution in [0.5, 0.6) is 0 Å². The summed E-state index contributed by atoms with van der Waals surface area (Å²) in [6.45, 7) is 1.55. The van der Waals surface area contributed by atoms with E-state index in [0.29, 0.717) is 12.8 Å². The molecule has 0 aliphatic carbocycles. The molecule has 12 heteroatoms. The Hall–Kier alpha value is -1.50. The van der Waals surface area contributed by atoms with Crippen LogP contribution in [0.4, 0.5) is 0 Å². The lowest BCUT2D eigenvalue weighted by atomic mass is 10.1. The van der Waals surface area contributed by atoms with Crippen LogP contribution in [0.25, 0.3) is 0 Å². The fourth-order valence-electron chi connectivity index (χ4n) is 4.94. The second-order valence-corrected chi connectivity index (χ2v) is 14.4. The Labute approximate surface area is 280 Å². The molecule has 10 nitrogen and oxygen atoms in total. The average molecular weight is 677 g/mol. The highest BCUT2D eigenvalue weighted by atomic mass is 33.1. The number of hydrogen-bond donors (Lipinski definition) is 5. The number of nitrogens with two attached hydrogens (primary N) is 2. The number of nitrogens with one attached hydrogen (secondary N) is 2. The van der Waals surface area contributed by atoms with Crippen molar-refractivity contribution in [2.75, 3.05) is 31.7 Å². The van der Waals surface area contributed by atoms with Gasteiger partial charge in [-0.2, -0.15) is 0 Å². The lowest BCUT2D eigenvalue weighted by molar-refractivity contribution is -0.144. The van der Waals surface area contributed by atoms with Gasteiger partial charge in [-0.3, -0.25) is 9.59 Å². The molecule has 0 aromatic heterocycles. The topological polar surface area (TPSA) is 174 Å². The SMILES string of the molecule is COC(=O)C(CSSCC(NC(=O)CCCCCCCCCCCCN)C(=O)O)NC(=O)CCCCCCCCCCCCN. The zero-order chi connectivity index (χ0) is 33.4. The first kappa shape index (κ1) is 43.5. The molecule has 0 heterocycles. The molecule has 0 aromatic rings. The number of carbonyl (C=O) groups excluding carboxylic acids is 3. The van der Waals surface area contributed by atoms with Gasteiger partial charge in [0.25, 0.3) is 0 Å². The molecule has 0 spiro atoms. The second kappa shape index (κ2) is 32.4. The number of hydrogen-bond acceptors (Lipinski definition) is 9. The molecule has 0 fully saturated rings. The third-order valence-corrected chi connectivity index (χ3v) is 10.1. The maximum absolute atomic E-state index is 12.4. The molecule has 45 heavy (non-hydrogen) atoms. The molecule has 0 aliphatic heterocycles. The fraction of sp³-hybridized carbons (Fsp3) is 0.879. The molecule has 7 N–H and O–H groups in total. The summed E-state index contributed by atoms with van der Waals surface area (Å²) < 4.78 is 4.85. The number of esters is 1. The van der Waals surface area contributed by atoms with Crippen LogP contribution in [-0.2, 0) is 23.9 Å². The largest absolute Gasteiger partial charge is 0.480 e.